The summed E-state index contributed by atoms with van der Waals surface area (Å²) in [5, 5.41) is 2.78. The van der Waals surface area contributed by atoms with Gasteiger partial charge in [-0.05, 0) is 35.6 Å². The number of carbonyl (C=O) groups is 2. The van der Waals surface area contributed by atoms with E-state index in [-0.39, 0.29) is 11.9 Å². The number of methoxy groups -OCH3 is 3. The Kier molecular flexibility index (Phi) is 6.12. The Bertz CT molecular complexity index is 645. The molecule has 0 aliphatic carbocycles. The maximum Gasteiger partial charge on any atom is 0.328 e. The van der Waals surface area contributed by atoms with Crippen molar-refractivity contribution in [2.75, 3.05) is 27.9 Å². The number of hydrogen-bond acceptors (Lipinski definition) is 5. The first-order valence-corrected chi connectivity index (χ1v) is 8.28. The summed E-state index contributed by atoms with van der Waals surface area (Å²) >= 11 is 0. The van der Waals surface area contributed by atoms with Gasteiger partial charge in [-0.2, -0.15) is 0 Å². The molecule has 1 heterocycles. The monoisotopic (exact) mass is 350 g/mol. The number of ether oxygens (including phenoxy) is 3. The molecule has 1 N–H and O–H groups in total. The van der Waals surface area contributed by atoms with Crippen LogP contribution in [0.1, 0.15) is 25.0 Å². The van der Waals surface area contributed by atoms with Gasteiger partial charge in [-0.1, -0.05) is 13.8 Å². The number of fused-ring (bicyclic) bond motifs is 1. The van der Waals surface area contributed by atoms with Crippen molar-refractivity contribution in [2.24, 2.45) is 5.92 Å². The molecule has 0 saturated carbocycles. The third kappa shape index (κ3) is 4.15. The Labute approximate surface area is 148 Å². The van der Waals surface area contributed by atoms with E-state index in [1.54, 1.807) is 19.1 Å². The van der Waals surface area contributed by atoms with Crippen LogP contribution < -0.4 is 14.8 Å². The predicted molar refractivity (Wildman–Crippen MR) is 92.8 cm³/mol. The van der Waals surface area contributed by atoms with E-state index in [0.717, 1.165) is 11.1 Å². The molecule has 1 aromatic carbocycles. The van der Waals surface area contributed by atoms with Gasteiger partial charge in [-0.3, -0.25) is 0 Å². The van der Waals surface area contributed by atoms with Crippen LogP contribution in [0.15, 0.2) is 12.1 Å². The maximum absolute atomic E-state index is 12.6. The fourth-order valence-electron chi connectivity index (χ4n) is 2.91. The highest BCUT2D eigenvalue weighted by molar-refractivity contribution is 5.84. The minimum atomic E-state index is -0.663. The topological polar surface area (TPSA) is 77.1 Å². The fourth-order valence-corrected chi connectivity index (χ4v) is 2.91. The smallest absolute Gasteiger partial charge is 0.328 e. The Morgan fingerprint density at radius 1 is 1.08 bits per heavy atom. The summed E-state index contributed by atoms with van der Waals surface area (Å²) in [5.41, 5.74) is 2.15. The van der Waals surface area contributed by atoms with Crippen LogP contribution in [0.3, 0.4) is 0 Å². The third-order valence-electron chi connectivity index (χ3n) is 4.41. The van der Waals surface area contributed by atoms with E-state index in [0.29, 0.717) is 31.0 Å². The van der Waals surface area contributed by atoms with Crippen LogP contribution in [-0.4, -0.2) is 50.8 Å². The highest BCUT2D eigenvalue weighted by Crippen LogP contribution is 2.33. The summed E-state index contributed by atoms with van der Waals surface area (Å²) in [4.78, 5) is 26.1. The van der Waals surface area contributed by atoms with Crippen molar-refractivity contribution in [3.8, 4) is 11.5 Å². The lowest BCUT2D eigenvalue weighted by Gasteiger charge is -2.31. The normalized spacial score (nSPS) is 14.6. The minimum absolute atomic E-state index is 0.0576. The first kappa shape index (κ1) is 18.9. The molecule has 1 unspecified atom stereocenters. The van der Waals surface area contributed by atoms with Crippen molar-refractivity contribution in [3.05, 3.63) is 23.3 Å². The molecule has 0 aromatic heterocycles. The van der Waals surface area contributed by atoms with Crippen LogP contribution in [0.5, 0.6) is 11.5 Å². The van der Waals surface area contributed by atoms with Crippen molar-refractivity contribution in [1.29, 1.82) is 0 Å². The van der Waals surface area contributed by atoms with Crippen molar-refractivity contribution in [3.63, 3.8) is 0 Å². The molecule has 7 nitrogen and oxygen atoms in total. The Morgan fingerprint density at radius 2 is 1.68 bits per heavy atom. The van der Waals surface area contributed by atoms with E-state index in [9.17, 15) is 9.59 Å². The lowest BCUT2D eigenvalue weighted by molar-refractivity contribution is -0.144. The summed E-state index contributed by atoms with van der Waals surface area (Å²) in [7, 11) is 4.51. The number of urea groups is 1. The highest BCUT2D eigenvalue weighted by Gasteiger charge is 2.29. The minimum Gasteiger partial charge on any atom is -0.493 e. The SMILES string of the molecule is COC(=O)C(NC(=O)N1CCc2cc(OC)c(OC)cc2C1)C(C)C. The van der Waals surface area contributed by atoms with Gasteiger partial charge in [0.05, 0.1) is 21.3 Å². The number of rotatable bonds is 5. The summed E-state index contributed by atoms with van der Waals surface area (Å²) in [5.74, 6) is 0.827. The van der Waals surface area contributed by atoms with E-state index in [1.807, 2.05) is 26.0 Å². The average Bonchev–Trinajstić information content (AvgIpc) is 2.63. The number of hydrogen-bond donors (Lipinski definition) is 1. The molecule has 0 radical (unpaired) electrons. The second-order valence-corrected chi connectivity index (χ2v) is 6.34. The Morgan fingerprint density at radius 3 is 2.20 bits per heavy atom. The molecule has 0 fully saturated rings. The highest BCUT2D eigenvalue weighted by atomic mass is 16.5. The standard InChI is InChI=1S/C18H26N2O5/c1-11(2)16(17(21)25-5)19-18(22)20-7-6-12-8-14(23-3)15(24-4)9-13(12)10-20/h8-9,11,16H,6-7,10H2,1-5H3,(H,19,22). The molecule has 0 saturated heterocycles. The van der Waals surface area contributed by atoms with Gasteiger partial charge < -0.3 is 24.4 Å². The first-order valence-electron chi connectivity index (χ1n) is 8.28. The first-order chi connectivity index (χ1) is 11.9. The number of esters is 1. The Hall–Kier alpha value is -2.44. The molecular weight excluding hydrogens is 324 g/mol. The quantitative estimate of drug-likeness (QED) is 0.822. The van der Waals surface area contributed by atoms with Crippen LogP contribution in [0.2, 0.25) is 0 Å². The molecule has 2 rings (SSSR count). The van der Waals surface area contributed by atoms with Crippen LogP contribution in [0.25, 0.3) is 0 Å². The van der Waals surface area contributed by atoms with E-state index < -0.39 is 12.0 Å². The van der Waals surface area contributed by atoms with E-state index in [2.05, 4.69) is 5.32 Å². The molecule has 0 spiro atoms. The van der Waals surface area contributed by atoms with E-state index in [1.165, 1.54) is 7.11 Å². The molecule has 1 aromatic rings. The van der Waals surface area contributed by atoms with Gasteiger partial charge in [0, 0.05) is 13.1 Å². The van der Waals surface area contributed by atoms with Gasteiger partial charge in [0.25, 0.3) is 0 Å². The zero-order valence-corrected chi connectivity index (χ0v) is 15.4. The van der Waals surface area contributed by atoms with Gasteiger partial charge in [0.1, 0.15) is 6.04 Å². The lowest BCUT2D eigenvalue weighted by atomic mass is 9.99. The number of carbonyl (C=O) groups excluding carboxylic acids is 2. The molecule has 2 amide bonds. The summed E-state index contributed by atoms with van der Waals surface area (Å²) in [6, 6.07) is 2.91. The average molecular weight is 350 g/mol. The van der Waals surface area contributed by atoms with Gasteiger partial charge >= 0.3 is 12.0 Å². The van der Waals surface area contributed by atoms with Crippen molar-refractivity contribution in [1.82, 2.24) is 10.2 Å². The molecular formula is C18H26N2O5. The third-order valence-corrected chi connectivity index (χ3v) is 4.41. The zero-order chi connectivity index (χ0) is 18.6. The van der Waals surface area contributed by atoms with Gasteiger partial charge in [-0.25, -0.2) is 9.59 Å². The van der Waals surface area contributed by atoms with Gasteiger partial charge in [-0.15, -0.1) is 0 Å². The van der Waals surface area contributed by atoms with Crippen LogP contribution in [0, 0.1) is 5.92 Å². The van der Waals surface area contributed by atoms with Crippen LogP contribution in [-0.2, 0) is 22.5 Å². The van der Waals surface area contributed by atoms with Crippen LogP contribution in [0.4, 0.5) is 4.79 Å². The second kappa shape index (κ2) is 8.09. The Balaban J connectivity index is 2.13. The van der Waals surface area contributed by atoms with Crippen molar-refractivity contribution < 1.29 is 23.8 Å². The molecule has 7 heteroatoms. The molecule has 25 heavy (non-hydrogen) atoms. The molecule has 1 aliphatic heterocycles. The summed E-state index contributed by atoms with van der Waals surface area (Å²) in [6.45, 7) is 4.75. The van der Waals surface area contributed by atoms with Crippen molar-refractivity contribution in [2.45, 2.75) is 32.9 Å². The molecule has 0 bridgehead atoms. The number of nitrogens with one attached hydrogen (secondary N) is 1. The number of benzene rings is 1. The van der Waals surface area contributed by atoms with Gasteiger partial charge in [0.15, 0.2) is 11.5 Å². The molecule has 138 valence electrons. The second-order valence-electron chi connectivity index (χ2n) is 6.34. The summed E-state index contributed by atoms with van der Waals surface area (Å²) < 4.78 is 15.4. The number of amides is 2. The molecule has 1 atom stereocenters. The van der Waals surface area contributed by atoms with E-state index >= 15 is 0 Å². The van der Waals surface area contributed by atoms with Crippen molar-refractivity contribution >= 4 is 12.0 Å². The predicted octanol–water partition coefficient (Wildman–Crippen LogP) is 1.97. The fraction of sp³-hybridized carbons (Fsp3) is 0.556. The molecule has 1 aliphatic rings. The zero-order valence-electron chi connectivity index (χ0n) is 15.4. The number of nitrogens with zero attached hydrogens (tertiary/aromatic N) is 1. The van der Waals surface area contributed by atoms with E-state index in [4.69, 9.17) is 14.2 Å². The van der Waals surface area contributed by atoms with Crippen LogP contribution >= 0.6 is 0 Å². The van der Waals surface area contributed by atoms with Gasteiger partial charge in [0.2, 0.25) is 0 Å². The summed E-state index contributed by atoms with van der Waals surface area (Å²) in [6.07, 6.45) is 0.716. The maximum atomic E-state index is 12.6. The largest absolute Gasteiger partial charge is 0.493 e. The lowest BCUT2D eigenvalue weighted by Crippen LogP contribution is -2.51.